The van der Waals surface area contributed by atoms with Crippen LogP contribution in [0.2, 0.25) is 0 Å². The third-order valence-electron chi connectivity index (χ3n) is 3.28. The van der Waals surface area contributed by atoms with Gasteiger partial charge in [-0.2, -0.15) is 9.61 Å². The van der Waals surface area contributed by atoms with Crippen molar-refractivity contribution in [1.82, 2.24) is 24.4 Å². The first kappa shape index (κ1) is 14.5. The second kappa shape index (κ2) is 5.72. The molecule has 1 aromatic carbocycles. The van der Waals surface area contributed by atoms with E-state index in [1.807, 2.05) is 38.1 Å². The number of hydrogen-bond donors (Lipinski definition) is 1. The molecule has 114 valence electrons. The van der Waals surface area contributed by atoms with Gasteiger partial charge in [-0.25, -0.2) is 5.10 Å². The summed E-state index contributed by atoms with van der Waals surface area (Å²) in [6.45, 7) is 4.87. The van der Waals surface area contributed by atoms with Crippen molar-refractivity contribution in [2.24, 2.45) is 0 Å². The second-order valence-corrected chi connectivity index (χ2v) is 4.98. The van der Waals surface area contributed by atoms with E-state index in [0.29, 0.717) is 35.0 Å². The minimum absolute atomic E-state index is 0.201. The fraction of sp³-hybridized carbons (Fsp3) is 0.286. The number of hydrogen-bond acceptors (Lipinski definition) is 5. The van der Waals surface area contributed by atoms with Gasteiger partial charge in [0.15, 0.2) is 5.69 Å². The molecule has 0 aliphatic rings. The van der Waals surface area contributed by atoms with E-state index in [1.54, 1.807) is 0 Å². The molecule has 0 aliphatic carbocycles. The van der Waals surface area contributed by atoms with Crippen molar-refractivity contribution in [2.45, 2.75) is 20.4 Å². The lowest BCUT2D eigenvalue weighted by atomic mass is 10.1. The van der Waals surface area contributed by atoms with Crippen LogP contribution in [0.25, 0.3) is 17.0 Å². The van der Waals surface area contributed by atoms with Crippen LogP contribution in [0.15, 0.2) is 29.1 Å². The van der Waals surface area contributed by atoms with E-state index in [-0.39, 0.29) is 5.56 Å². The van der Waals surface area contributed by atoms with Gasteiger partial charge in [0.1, 0.15) is 5.75 Å². The first-order valence-electron chi connectivity index (χ1n) is 6.97. The minimum Gasteiger partial charge on any atom is -0.494 e. The van der Waals surface area contributed by atoms with Crippen LogP contribution in [0.5, 0.6) is 5.75 Å². The van der Waals surface area contributed by atoms with Gasteiger partial charge in [-0.3, -0.25) is 9.36 Å². The lowest BCUT2D eigenvalue weighted by Gasteiger charge is -2.08. The van der Waals surface area contributed by atoms with Gasteiger partial charge in [0, 0.05) is 12.1 Å². The van der Waals surface area contributed by atoms with Crippen LogP contribution in [0, 0.1) is 4.77 Å². The van der Waals surface area contributed by atoms with Gasteiger partial charge < -0.3 is 4.74 Å². The Morgan fingerprint density at radius 2 is 2.00 bits per heavy atom. The van der Waals surface area contributed by atoms with Crippen molar-refractivity contribution in [2.75, 3.05) is 6.61 Å². The molecule has 3 aromatic rings. The topological polar surface area (TPSA) is 77.2 Å². The maximum Gasteiger partial charge on any atom is 0.281 e. The van der Waals surface area contributed by atoms with E-state index >= 15 is 0 Å². The van der Waals surface area contributed by atoms with Crippen LogP contribution >= 0.6 is 12.2 Å². The van der Waals surface area contributed by atoms with E-state index in [1.165, 1.54) is 9.08 Å². The molecule has 3 rings (SSSR count). The Morgan fingerprint density at radius 3 is 2.64 bits per heavy atom. The first-order chi connectivity index (χ1) is 10.7. The maximum atomic E-state index is 12.6. The van der Waals surface area contributed by atoms with E-state index in [2.05, 4.69) is 15.3 Å². The third-order valence-corrected chi connectivity index (χ3v) is 3.54. The van der Waals surface area contributed by atoms with Gasteiger partial charge in [0.2, 0.25) is 4.77 Å². The average Bonchev–Trinajstić information content (AvgIpc) is 2.89. The fourth-order valence-corrected chi connectivity index (χ4v) is 2.42. The number of benzene rings is 1. The van der Waals surface area contributed by atoms with Crippen molar-refractivity contribution in [3.8, 4) is 17.0 Å². The Hall–Kier alpha value is -2.48. The average molecular weight is 317 g/mol. The molecule has 0 radical (unpaired) electrons. The van der Waals surface area contributed by atoms with E-state index in [4.69, 9.17) is 17.0 Å². The van der Waals surface area contributed by atoms with Crippen molar-refractivity contribution in [1.29, 1.82) is 0 Å². The summed E-state index contributed by atoms with van der Waals surface area (Å²) in [5.41, 5.74) is 0.837. The highest BCUT2D eigenvalue weighted by atomic mass is 32.1. The lowest BCUT2D eigenvalue weighted by molar-refractivity contribution is 0.340. The number of nitrogens with zero attached hydrogens (tertiary/aromatic N) is 4. The molecule has 22 heavy (non-hydrogen) atoms. The highest BCUT2D eigenvalue weighted by Gasteiger charge is 2.14. The zero-order chi connectivity index (χ0) is 15.7. The molecule has 0 unspecified atom stereocenters. The van der Waals surface area contributed by atoms with Crippen molar-refractivity contribution >= 4 is 18.0 Å². The van der Waals surface area contributed by atoms with Crippen LogP contribution in [0.1, 0.15) is 13.8 Å². The summed E-state index contributed by atoms with van der Waals surface area (Å²) in [7, 11) is 0. The van der Waals surface area contributed by atoms with E-state index in [9.17, 15) is 4.79 Å². The Kier molecular flexibility index (Phi) is 3.76. The Labute approximate surface area is 131 Å². The summed E-state index contributed by atoms with van der Waals surface area (Å²) >= 11 is 5.15. The van der Waals surface area contributed by atoms with E-state index < -0.39 is 0 Å². The van der Waals surface area contributed by atoms with Gasteiger partial charge in [0.05, 0.1) is 6.61 Å². The zero-order valence-corrected chi connectivity index (χ0v) is 13.1. The van der Waals surface area contributed by atoms with Gasteiger partial charge in [-0.15, -0.1) is 5.10 Å². The number of rotatable bonds is 4. The van der Waals surface area contributed by atoms with Crippen molar-refractivity contribution in [3.63, 3.8) is 0 Å². The van der Waals surface area contributed by atoms with Crippen molar-refractivity contribution in [3.05, 3.63) is 39.4 Å². The summed E-state index contributed by atoms with van der Waals surface area (Å²) in [5, 5.41) is 11.0. The Balaban J connectivity index is 2.21. The zero-order valence-electron chi connectivity index (χ0n) is 12.2. The number of nitrogens with one attached hydrogen (secondary N) is 1. The Bertz CT molecular complexity index is 923. The molecule has 8 heteroatoms. The second-order valence-electron chi connectivity index (χ2n) is 4.60. The van der Waals surface area contributed by atoms with E-state index in [0.717, 1.165) is 5.75 Å². The summed E-state index contributed by atoms with van der Waals surface area (Å²) in [6.07, 6.45) is 0. The molecule has 0 aliphatic heterocycles. The largest absolute Gasteiger partial charge is 0.494 e. The number of aromatic nitrogens is 5. The molecule has 0 saturated heterocycles. The van der Waals surface area contributed by atoms with Crippen LogP contribution < -0.4 is 10.3 Å². The van der Waals surface area contributed by atoms with Crippen LogP contribution in [-0.4, -0.2) is 31.0 Å². The van der Waals surface area contributed by atoms with Crippen LogP contribution in [-0.2, 0) is 6.54 Å². The SMILES string of the molecule is CCOc1ccc(-c2nn3c(=S)[nH]nc3n(CC)c2=O)cc1. The molecular formula is C14H15N5O2S. The minimum atomic E-state index is -0.201. The van der Waals surface area contributed by atoms with Gasteiger partial charge in [-0.1, -0.05) is 0 Å². The standard InChI is InChI=1S/C14H15N5O2S/c1-3-18-12(20)11(17-19-13(18)15-16-14(19)22)9-5-7-10(8-6-9)21-4-2/h5-8H,3-4H2,1-2H3,(H,16,22). The summed E-state index contributed by atoms with van der Waals surface area (Å²) in [5.74, 6) is 1.16. The molecule has 2 heterocycles. The highest BCUT2D eigenvalue weighted by molar-refractivity contribution is 7.71. The molecular weight excluding hydrogens is 302 g/mol. The lowest BCUT2D eigenvalue weighted by Crippen LogP contribution is -2.25. The fourth-order valence-electron chi connectivity index (χ4n) is 2.25. The monoisotopic (exact) mass is 317 g/mol. The molecule has 0 spiro atoms. The number of ether oxygens (including phenoxy) is 1. The molecule has 0 fully saturated rings. The molecule has 1 N–H and O–H groups in total. The molecule has 0 amide bonds. The smallest absolute Gasteiger partial charge is 0.281 e. The summed E-state index contributed by atoms with van der Waals surface area (Å²) in [4.78, 5) is 12.6. The van der Waals surface area contributed by atoms with Crippen LogP contribution in [0.3, 0.4) is 0 Å². The number of H-pyrrole nitrogens is 1. The third kappa shape index (κ3) is 2.31. The number of fused-ring (bicyclic) bond motifs is 1. The molecule has 2 aromatic heterocycles. The van der Waals surface area contributed by atoms with Gasteiger partial charge >= 0.3 is 0 Å². The molecule has 0 bridgehead atoms. The molecule has 7 nitrogen and oxygen atoms in total. The predicted molar refractivity (Wildman–Crippen MR) is 84.7 cm³/mol. The molecule has 0 saturated carbocycles. The summed E-state index contributed by atoms with van der Waals surface area (Å²) in [6, 6.07) is 7.25. The van der Waals surface area contributed by atoms with Gasteiger partial charge in [-0.05, 0) is 50.3 Å². The van der Waals surface area contributed by atoms with Gasteiger partial charge in [0.25, 0.3) is 11.3 Å². The quantitative estimate of drug-likeness (QED) is 0.745. The normalized spacial score (nSPS) is 11.0. The molecule has 0 atom stereocenters. The summed E-state index contributed by atoms with van der Waals surface area (Å²) < 4.78 is 8.76. The first-order valence-corrected chi connectivity index (χ1v) is 7.38. The predicted octanol–water partition coefficient (Wildman–Crippen LogP) is 2.03. The number of aryl methyl sites for hydroxylation is 1. The maximum absolute atomic E-state index is 12.6. The van der Waals surface area contributed by atoms with Crippen LogP contribution in [0.4, 0.5) is 0 Å². The Morgan fingerprint density at radius 1 is 1.27 bits per heavy atom. The highest BCUT2D eigenvalue weighted by Crippen LogP contribution is 2.18. The van der Waals surface area contributed by atoms with Crippen molar-refractivity contribution < 1.29 is 4.74 Å². The number of aromatic amines is 1.